The minimum absolute atomic E-state index is 0.0811. The average Bonchev–Trinajstić information content (AvgIpc) is 2.80. The van der Waals surface area contributed by atoms with E-state index in [-0.39, 0.29) is 6.03 Å². The monoisotopic (exact) mass is 245 g/mol. The Kier molecular flexibility index (Phi) is 3.11. The maximum Gasteiger partial charge on any atom is 0.320 e. The van der Waals surface area contributed by atoms with E-state index in [4.69, 9.17) is 11.6 Å². The number of hydrogen-bond acceptors (Lipinski definition) is 3. The zero-order chi connectivity index (χ0) is 10.8. The minimum Gasteiger partial charge on any atom is -0.326 e. The Morgan fingerprint density at radius 3 is 2.93 bits per heavy atom. The first-order valence-electron chi connectivity index (χ1n) is 4.70. The third kappa shape index (κ3) is 2.23. The number of thiazole rings is 1. The highest BCUT2D eigenvalue weighted by Crippen LogP contribution is 2.16. The Morgan fingerprint density at radius 2 is 2.40 bits per heavy atom. The quantitative estimate of drug-likeness (QED) is 0.761. The summed E-state index contributed by atoms with van der Waals surface area (Å²) >= 11 is 7.22. The Bertz CT molecular complexity index is 368. The maximum absolute atomic E-state index is 11.6. The van der Waals surface area contributed by atoms with Gasteiger partial charge in [0, 0.05) is 25.5 Å². The van der Waals surface area contributed by atoms with Gasteiger partial charge >= 0.3 is 6.03 Å². The van der Waals surface area contributed by atoms with Gasteiger partial charge in [-0.2, -0.15) is 0 Å². The molecule has 15 heavy (non-hydrogen) atoms. The van der Waals surface area contributed by atoms with Crippen LogP contribution in [0.25, 0.3) is 0 Å². The lowest BCUT2D eigenvalue weighted by Gasteiger charge is -2.13. The Morgan fingerprint density at radius 1 is 1.60 bits per heavy atom. The summed E-state index contributed by atoms with van der Waals surface area (Å²) in [4.78, 5) is 19.4. The molecule has 0 bridgehead atoms. The lowest BCUT2D eigenvalue weighted by molar-refractivity contribution is 0.197. The molecule has 1 saturated heterocycles. The van der Waals surface area contributed by atoms with Gasteiger partial charge in [-0.25, -0.2) is 9.78 Å². The van der Waals surface area contributed by atoms with Crippen LogP contribution in [0.15, 0.2) is 5.38 Å². The molecule has 1 aliphatic rings. The molecule has 1 aliphatic heterocycles. The van der Waals surface area contributed by atoms with Gasteiger partial charge in [0.05, 0.1) is 18.1 Å². The number of amides is 2. The second-order valence-corrected chi connectivity index (χ2v) is 4.70. The van der Waals surface area contributed by atoms with Crippen LogP contribution in [-0.2, 0) is 12.4 Å². The van der Waals surface area contributed by atoms with E-state index in [0.29, 0.717) is 12.4 Å². The van der Waals surface area contributed by atoms with Crippen molar-refractivity contribution in [2.45, 2.75) is 12.4 Å². The molecule has 0 atom stereocenters. The van der Waals surface area contributed by atoms with Crippen LogP contribution in [0.4, 0.5) is 4.79 Å². The molecule has 1 fully saturated rings. The zero-order valence-corrected chi connectivity index (χ0v) is 10.0. The number of halogens is 1. The van der Waals surface area contributed by atoms with E-state index in [1.807, 2.05) is 12.4 Å². The fourth-order valence-corrected chi connectivity index (χ4v) is 2.53. The van der Waals surface area contributed by atoms with Gasteiger partial charge in [0.15, 0.2) is 0 Å². The van der Waals surface area contributed by atoms with Gasteiger partial charge in [-0.1, -0.05) is 0 Å². The lowest BCUT2D eigenvalue weighted by Crippen LogP contribution is -2.28. The molecule has 0 saturated carbocycles. The van der Waals surface area contributed by atoms with Crippen LogP contribution in [0.5, 0.6) is 0 Å². The molecule has 1 aromatic heterocycles. The first-order valence-corrected chi connectivity index (χ1v) is 6.11. The number of urea groups is 1. The van der Waals surface area contributed by atoms with Crippen molar-refractivity contribution in [3.05, 3.63) is 16.1 Å². The fourth-order valence-electron chi connectivity index (χ4n) is 1.50. The van der Waals surface area contributed by atoms with Crippen molar-refractivity contribution in [1.82, 2.24) is 14.8 Å². The smallest absolute Gasteiger partial charge is 0.320 e. The molecule has 1 aromatic rings. The van der Waals surface area contributed by atoms with Crippen molar-refractivity contribution in [2.75, 3.05) is 20.1 Å². The van der Waals surface area contributed by atoms with Crippen LogP contribution >= 0.6 is 22.9 Å². The molecule has 0 N–H and O–H groups in total. The largest absolute Gasteiger partial charge is 0.326 e. The van der Waals surface area contributed by atoms with E-state index >= 15 is 0 Å². The molecule has 0 radical (unpaired) electrons. The molecule has 82 valence electrons. The van der Waals surface area contributed by atoms with Crippen molar-refractivity contribution in [3.8, 4) is 0 Å². The van der Waals surface area contributed by atoms with E-state index < -0.39 is 0 Å². The van der Waals surface area contributed by atoms with Crippen molar-refractivity contribution < 1.29 is 4.79 Å². The standard InChI is InChI=1S/C9H12ClN3OS/c1-12-2-3-13(9(12)14)5-8-11-7(4-10)6-15-8/h6H,2-5H2,1H3. The van der Waals surface area contributed by atoms with Crippen LogP contribution < -0.4 is 0 Å². The number of hydrogen-bond donors (Lipinski definition) is 0. The molecule has 2 amide bonds. The number of carbonyl (C=O) groups excluding carboxylic acids is 1. The predicted molar refractivity (Wildman–Crippen MR) is 60.1 cm³/mol. The molecule has 6 heteroatoms. The highest BCUT2D eigenvalue weighted by molar-refractivity contribution is 7.09. The van der Waals surface area contributed by atoms with E-state index in [9.17, 15) is 4.79 Å². The van der Waals surface area contributed by atoms with Crippen molar-refractivity contribution >= 4 is 29.0 Å². The molecule has 0 unspecified atom stereocenters. The topological polar surface area (TPSA) is 36.4 Å². The Balaban J connectivity index is 2.00. The Labute approximate surface area is 97.5 Å². The fraction of sp³-hybridized carbons (Fsp3) is 0.556. The number of likely N-dealkylation sites (N-methyl/N-ethyl adjacent to an activating group) is 1. The summed E-state index contributed by atoms with van der Waals surface area (Å²) in [6.07, 6.45) is 0. The van der Waals surface area contributed by atoms with Gasteiger partial charge in [0.25, 0.3) is 0 Å². The molecule has 0 spiro atoms. The molecule has 0 aliphatic carbocycles. The van der Waals surface area contributed by atoms with E-state index in [1.54, 1.807) is 21.1 Å². The van der Waals surface area contributed by atoms with Crippen molar-refractivity contribution in [2.24, 2.45) is 0 Å². The number of aromatic nitrogens is 1. The normalized spacial score (nSPS) is 16.5. The SMILES string of the molecule is CN1CCN(Cc2nc(CCl)cs2)C1=O. The number of alkyl halides is 1. The van der Waals surface area contributed by atoms with Crippen LogP contribution in [0.1, 0.15) is 10.7 Å². The van der Waals surface area contributed by atoms with E-state index in [0.717, 1.165) is 23.8 Å². The zero-order valence-electron chi connectivity index (χ0n) is 8.44. The summed E-state index contributed by atoms with van der Waals surface area (Å²) in [6, 6.07) is 0.0811. The molecular formula is C9H12ClN3OS. The van der Waals surface area contributed by atoms with Gasteiger partial charge in [-0.15, -0.1) is 22.9 Å². The van der Waals surface area contributed by atoms with E-state index in [1.165, 1.54) is 0 Å². The number of rotatable bonds is 3. The molecule has 0 aromatic carbocycles. The average molecular weight is 246 g/mol. The third-order valence-corrected chi connectivity index (χ3v) is 3.52. The maximum atomic E-state index is 11.6. The minimum atomic E-state index is 0.0811. The first-order chi connectivity index (χ1) is 7.20. The summed E-state index contributed by atoms with van der Waals surface area (Å²) in [5.74, 6) is 0.435. The van der Waals surface area contributed by atoms with Gasteiger partial charge in [0.2, 0.25) is 0 Å². The van der Waals surface area contributed by atoms with E-state index in [2.05, 4.69) is 4.98 Å². The highest BCUT2D eigenvalue weighted by Gasteiger charge is 2.25. The summed E-state index contributed by atoms with van der Waals surface area (Å²) < 4.78 is 0. The summed E-state index contributed by atoms with van der Waals surface area (Å²) in [5, 5.41) is 2.89. The van der Waals surface area contributed by atoms with Gasteiger partial charge in [-0.05, 0) is 0 Å². The molecule has 2 heterocycles. The van der Waals surface area contributed by atoms with Crippen LogP contribution in [0.2, 0.25) is 0 Å². The second-order valence-electron chi connectivity index (χ2n) is 3.49. The predicted octanol–water partition coefficient (Wildman–Crippen LogP) is 1.75. The third-order valence-electron chi connectivity index (χ3n) is 2.36. The van der Waals surface area contributed by atoms with Gasteiger partial charge in [-0.3, -0.25) is 0 Å². The molecule has 2 rings (SSSR count). The second kappa shape index (κ2) is 4.37. The van der Waals surface area contributed by atoms with Crippen molar-refractivity contribution in [3.63, 3.8) is 0 Å². The summed E-state index contributed by atoms with van der Waals surface area (Å²) in [5.41, 5.74) is 0.886. The van der Waals surface area contributed by atoms with Crippen LogP contribution in [-0.4, -0.2) is 41.0 Å². The number of nitrogens with zero attached hydrogens (tertiary/aromatic N) is 3. The number of carbonyl (C=O) groups is 1. The summed E-state index contributed by atoms with van der Waals surface area (Å²) in [6.45, 7) is 2.18. The van der Waals surface area contributed by atoms with Gasteiger partial charge < -0.3 is 9.80 Å². The molecular weight excluding hydrogens is 234 g/mol. The summed E-state index contributed by atoms with van der Waals surface area (Å²) in [7, 11) is 1.81. The molecule has 4 nitrogen and oxygen atoms in total. The van der Waals surface area contributed by atoms with Crippen LogP contribution in [0, 0.1) is 0 Å². The van der Waals surface area contributed by atoms with Crippen molar-refractivity contribution in [1.29, 1.82) is 0 Å². The Hall–Kier alpha value is -0.810. The van der Waals surface area contributed by atoms with Gasteiger partial charge in [0.1, 0.15) is 5.01 Å². The first kappa shape index (κ1) is 10.7. The highest BCUT2D eigenvalue weighted by atomic mass is 35.5. The lowest BCUT2D eigenvalue weighted by atomic mass is 10.5. The van der Waals surface area contributed by atoms with Crippen LogP contribution in [0.3, 0.4) is 0 Å².